The molecule has 0 aliphatic heterocycles. The molecule has 1 fully saturated rings. The van der Waals surface area contributed by atoms with E-state index in [9.17, 15) is 0 Å². The van der Waals surface area contributed by atoms with Crippen LogP contribution in [0.2, 0.25) is 0 Å². The van der Waals surface area contributed by atoms with Gasteiger partial charge >= 0.3 is 0 Å². The topological polar surface area (TPSA) is 23.8 Å². The lowest BCUT2D eigenvalue weighted by molar-refractivity contribution is 0.443. The highest BCUT2D eigenvalue weighted by Crippen LogP contribution is 2.33. The van der Waals surface area contributed by atoms with Crippen molar-refractivity contribution in [2.45, 2.75) is 51.9 Å². The number of hydrogen-bond donors (Lipinski definition) is 0. The third-order valence-corrected chi connectivity index (χ3v) is 3.89. The van der Waals surface area contributed by atoms with Crippen molar-refractivity contribution in [1.29, 1.82) is 5.26 Å². The molecule has 2 rings (SSSR count). The molecule has 1 aromatic rings. The summed E-state index contributed by atoms with van der Waals surface area (Å²) in [5.74, 6) is 0.741. The number of allylic oxidation sites excluding steroid dienone is 2. The van der Waals surface area contributed by atoms with Gasteiger partial charge in [-0.05, 0) is 43.7 Å². The van der Waals surface area contributed by atoms with E-state index in [2.05, 4.69) is 30.3 Å². The zero-order chi connectivity index (χ0) is 13.0. The Morgan fingerprint density at radius 1 is 1.06 bits per heavy atom. The molecule has 1 heteroatoms. The summed E-state index contributed by atoms with van der Waals surface area (Å²) in [6.45, 7) is 3.99. The standard InChI is InChI=1S/C17H21N/c1-13(2)17(12-18)16-10-8-15(9-11-16)14-6-4-3-5-7-14/h8-11,14H,3-7H2,1-2H3. The molecule has 0 unspecified atom stereocenters. The second-order valence-electron chi connectivity index (χ2n) is 5.44. The van der Waals surface area contributed by atoms with E-state index in [-0.39, 0.29) is 0 Å². The van der Waals surface area contributed by atoms with Gasteiger partial charge in [0.15, 0.2) is 0 Å². The Kier molecular flexibility index (Phi) is 4.20. The van der Waals surface area contributed by atoms with Crippen molar-refractivity contribution >= 4 is 5.57 Å². The van der Waals surface area contributed by atoms with Gasteiger partial charge in [-0.15, -0.1) is 0 Å². The molecule has 0 radical (unpaired) electrons. The maximum absolute atomic E-state index is 9.16. The van der Waals surface area contributed by atoms with Crippen molar-refractivity contribution in [3.05, 3.63) is 41.0 Å². The van der Waals surface area contributed by atoms with Crippen LogP contribution in [0, 0.1) is 11.3 Å². The van der Waals surface area contributed by atoms with Crippen LogP contribution < -0.4 is 0 Å². The summed E-state index contributed by atoms with van der Waals surface area (Å²) in [5.41, 5.74) is 4.40. The van der Waals surface area contributed by atoms with E-state index in [0.717, 1.165) is 22.6 Å². The van der Waals surface area contributed by atoms with E-state index >= 15 is 0 Å². The van der Waals surface area contributed by atoms with Gasteiger partial charge in [0, 0.05) is 0 Å². The van der Waals surface area contributed by atoms with Crippen molar-refractivity contribution in [2.24, 2.45) is 0 Å². The molecule has 1 aliphatic rings. The van der Waals surface area contributed by atoms with Crippen molar-refractivity contribution in [3.63, 3.8) is 0 Å². The molecule has 0 heterocycles. The predicted octanol–water partition coefficient (Wildman–Crippen LogP) is 5.05. The van der Waals surface area contributed by atoms with Gasteiger partial charge < -0.3 is 0 Å². The first-order valence-electron chi connectivity index (χ1n) is 6.90. The van der Waals surface area contributed by atoms with Crippen molar-refractivity contribution < 1.29 is 0 Å². The number of rotatable bonds is 2. The highest BCUT2D eigenvalue weighted by atomic mass is 14.3. The van der Waals surface area contributed by atoms with Crippen molar-refractivity contribution in [2.75, 3.05) is 0 Å². The first-order chi connectivity index (χ1) is 8.72. The van der Waals surface area contributed by atoms with Gasteiger partial charge in [-0.25, -0.2) is 0 Å². The molecule has 18 heavy (non-hydrogen) atoms. The quantitative estimate of drug-likeness (QED) is 0.662. The molecule has 0 saturated heterocycles. The molecule has 0 N–H and O–H groups in total. The fourth-order valence-corrected chi connectivity index (χ4v) is 2.82. The third-order valence-electron chi connectivity index (χ3n) is 3.89. The monoisotopic (exact) mass is 239 g/mol. The Morgan fingerprint density at radius 2 is 1.67 bits per heavy atom. The summed E-state index contributed by atoms with van der Waals surface area (Å²) in [4.78, 5) is 0. The second-order valence-corrected chi connectivity index (χ2v) is 5.44. The third kappa shape index (κ3) is 2.82. The summed E-state index contributed by atoms with van der Waals surface area (Å²) in [7, 11) is 0. The Morgan fingerprint density at radius 3 is 2.17 bits per heavy atom. The van der Waals surface area contributed by atoms with Crippen molar-refractivity contribution in [1.82, 2.24) is 0 Å². The largest absolute Gasteiger partial charge is 0.192 e. The highest BCUT2D eigenvalue weighted by Gasteiger charge is 2.15. The summed E-state index contributed by atoms with van der Waals surface area (Å²) in [5, 5.41) is 9.16. The highest BCUT2D eigenvalue weighted by molar-refractivity contribution is 5.78. The second kappa shape index (κ2) is 5.87. The number of benzene rings is 1. The molecule has 1 saturated carbocycles. The average molecular weight is 239 g/mol. The van der Waals surface area contributed by atoms with Crippen LogP contribution in [0.4, 0.5) is 0 Å². The van der Waals surface area contributed by atoms with Gasteiger partial charge in [0.25, 0.3) is 0 Å². The normalized spacial score (nSPS) is 16.1. The lowest BCUT2D eigenvalue weighted by Crippen LogP contribution is -2.04. The molecule has 94 valence electrons. The van der Waals surface area contributed by atoms with Gasteiger partial charge in [-0.3, -0.25) is 0 Å². The zero-order valence-electron chi connectivity index (χ0n) is 11.4. The van der Waals surface area contributed by atoms with Gasteiger partial charge in [0.1, 0.15) is 0 Å². The maximum atomic E-state index is 9.16. The summed E-state index contributed by atoms with van der Waals surface area (Å²) >= 11 is 0. The summed E-state index contributed by atoms with van der Waals surface area (Å²) in [6, 6.07) is 10.9. The predicted molar refractivity (Wildman–Crippen MR) is 76.1 cm³/mol. The van der Waals surface area contributed by atoms with E-state index in [1.54, 1.807) is 0 Å². The van der Waals surface area contributed by atoms with Gasteiger partial charge in [0.05, 0.1) is 11.6 Å². The van der Waals surface area contributed by atoms with Crippen molar-refractivity contribution in [3.8, 4) is 6.07 Å². The molecular formula is C17H21N. The molecule has 1 aliphatic carbocycles. The minimum atomic E-state index is 0.741. The fraction of sp³-hybridized carbons (Fsp3) is 0.471. The summed E-state index contributed by atoms with van der Waals surface area (Å²) in [6.07, 6.45) is 6.78. The number of nitrogens with zero attached hydrogens (tertiary/aromatic N) is 1. The molecule has 1 nitrogen and oxygen atoms in total. The van der Waals surface area contributed by atoms with Crippen LogP contribution in [0.5, 0.6) is 0 Å². The minimum Gasteiger partial charge on any atom is -0.192 e. The van der Waals surface area contributed by atoms with Crippen LogP contribution in [-0.4, -0.2) is 0 Å². The van der Waals surface area contributed by atoms with Crippen LogP contribution in [0.3, 0.4) is 0 Å². The van der Waals surface area contributed by atoms with E-state index in [4.69, 9.17) is 5.26 Å². The Balaban J connectivity index is 2.20. The lowest BCUT2D eigenvalue weighted by atomic mass is 9.83. The van der Waals surface area contributed by atoms with E-state index in [1.165, 1.54) is 37.7 Å². The van der Waals surface area contributed by atoms with Gasteiger partial charge in [-0.1, -0.05) is 49.1 Å². The van der Waals surface area contributed by atoms with Crippen LogP contribution in [-0.2, 0) is 0 Å². The van der Waals surface area contributed by atoms with E-state index < -0.39 is 0 Å². The molecule has 0 atom stereocenters. The lowest BCUT2D eigenvalue weighted by Gasteiger charge is -2.22. The van der Waals surface area contributed by atoms with Crippen LogP contribution in [0.15, 0.2) is 29.8 Å². The maximum Gasteiger partial charge on any atom is 0.0997 e. The first kappa shape index (κ1) is 12.9. The molecular weight excluding hydrogens is 218 g/mol. The van der Waals surface area contributed by atoms with Crippen LogP contribution >= 0.6 is 0 Å². The average Bonchev–Trinajstić information content (AvgIpc) is 2.41. The number of hydrogen-bond acceptors (Lipinski definition) is 1. The van der Waals surface area contributed by atoms with Crippen LogP contribution in [0.1, 0.15) is 63.0 Å². The van der Waals surface area contributed by atoms with Gasteiger partial charge in [-0.2, -0.15) is 5.26 Å². The Bertz CT molecular complexity index is 463. The summed E-state index contributed by atoms with van der Waals surface area (Å²) < 4.78 is 0. The first-order valence-corrected chi connectivity index (χ1v) is 6.90. The fourth-order valence-electron chi connectivity index (χ4n) is 2.82. The smallest absolute Gasteiger partial charge is 0.0997 e. The molecule has 0 amide bonds. The van der Waals surface area contributed by atoms with E-state index in [1.807, 2.05) is 13.8 Å². The minimum absolute atomic E-state index is 0.741. The Labute approximate surface area is 110 Å². The molecule has 1 aromatic carbocycles. The van der Waals surface area contributed by atoms with Crippen LogP contribution in [0.25, 0.3) is 5.57 Å². The van der Waals surface area contributed by atoms with E-state index in [0.29, 0.717) is 0 Å². The Hall–Kier alpha value is -1.55. The molecule has 0 aromatic heterocycles. The SMILES string of the molecule is CC(C)=C(C#N)c1ccc(C2CCCCC2)cc1. The molecule has 0 bridgehead atoms. The zero-order valence-corrected chi connectivity index (χ0v) is 11.4. The van der Waals surface area contributed by atoms with Gasteiger partial charge in [0.2, 0.25) is 0 Å². The molecule has 0 spiro atoms. The number of nitriles is 1.